The van der Waals surface area contributed by atoms with Gasteiger partial charge in [-0.05, 0) is 59.6 Å². The summed E-state index contributed by atoms with van der Waals surface area (Å²) < 4.78 is 5.38. The molecule has 4 amide bonds. The Morgan fingerprint density at radius 2 is 1.68 bits per heavy atom. The summed E-state index contributed by atoms with van der Waals surface area (Å²) >= 11 is 6.20. The quantitative estimate of drug-likeness (QED) is 0.348. The number of nitrogens with one attached hydrogen (secondary N) is 1. The Morgan fingerprint density at radius 1 is 1.00 bits per heavy atom. The van der Waals surface area contributed by atoms with Crippen LogP contribution in [0.1, 0.15) is 63.1 Å². The third-order valence-corrected chi connectivity index (χ3v) is 7.44. The second-order valence-electron chi connectivity index (χ2n) is 11.6. The van der Waals surface area contributed by atoms with Crippen molar-refractivity contribution in [3.63, 3.8) is 0 Å². The molecule has 8 nitrogen and oxygen atoms in total. The van der Waals surface area contributed by atoms with Crippen molar-refractivity contribution in [2.45, 2.75) is 58.0 Å². The first-order valence-electron chi connectivity index (χ1n) is 13.6. The number of ether oxygens (including phenoxy) is 1. The standard InChI is InChI=1S/C32H37ClN4O4/c1-32(2,3)20-29(38)35-37-27(22-13-15-24(33)16-14-22)17-23(21-9-6-5-7-10-21)18-28(30(37)39)36(31(34)40)25-11-8-12-26(19-25)41-4/h5-16,19,23,27-28H,17-18,20H2,1-4H3,(H2,34,40)(H,35,38)/t23-,27?,28-/m1/s1. The van der Waals surface area contributed by atoms with Crippen LogP contribution in [0.4, 0.5) is 10.5 Å². The molecule has 1 heterocycles. The van der Waals surface area contributed by atoms with Gasteiger partial charge in [0.1, 0.15) is 11.8 Å². The van der Waals surface area contributed by atoms with Gasteiger partial charge in [-0.15, -0.1) is 0 Å². The molecular formula is C32H37ClN4O4. The van der Waals surface area contributed by atoms with Crippen molar-refractivity contribution >= 4 is 35.1 Å². The maximum atomic E-state index is 14.6. The number of anilines is 1. The second-order valence-corrected chi connectivity index (χ2v) is 12.0. The number of primary amides is 1. The fourth-order valence-corrected chi connectivity index (χ4v) is 5.47. The predicted molar refractivity (Wildman–Crippen MR) is 161 cm³/mol. The predicted octanol–water partition coefficient (Wildman–Crippen LogP) is 6.22. The molecule has 3 aromatic rings. The molecule has 1 fully saturated rings. The Hall–Kier alpha value is -4.04. The molecule has 0 spiro atoms. The summed E-state index contributed by atoms with van der Waals surface area (Å²) in [4.78, 5) is 42.2. The van der Waals surface area contributed by atoms with E-state index in [9.17, 15) is 14.4 Å². The van der Waals surface area contributed by atoms with Gasteiger partial charge in [-0.25, -0.2) is 9.80 Å². The fraction of sp³-hybridized carbons (Fsp3) is 0.344. The van der Waals surface area contributed by atoms with Crippen LogP contribution in [0.25, 0.3) is 0 Å². The van der Waals surface area contributed by atoms with Crippen LogP contribution < -0.4 is 20.8 Å². The molecule has 0 saturated carbocycles. The maximum Gasteiger partial charge on any atom is 0.320 e. The second kappa shape index (κ2) is 12.6. The molecule has 1 aliphatic rings. The molecule has 3 atom stereocenters. The summed E-state index contributed by atoms with van der Waals surface area (Å²) in [6.45, 7) is 5.87. The van der Waals surface area contributed by atoms with Crippen LogP contribution in [-0.2, 0) is 9.59 Å². The molecule has 1 unspecified atom stereocenters. The van der Waals surface area contributed by atoms with E-state index in [0.717, 1.165) is 11.1 Å². The molecule has 41 heavy (non-hydrogen) atoms. The lowest BCUT2D eigenvalue weighted by atomic mass is 9.86. The largest absolute Gasteiger partial charge is 0.497 e. The highest BCUT2D eigenvalue weighted by atomic mass is 35.5. The smallest absolute Gasteiger partial charge is 0.320 e. The summed E-state index contributed by atoms with van der Waals surface area (Å²) in [5.74, 6) is -0.368. The normalized spacial score (nSPS) is 19.3. The van der Waals surface area contributed by atoms with Gasteiger partial charge in [0, 0.05) is 17.5 Å². The molecule has 0 radical (unpaired) electrons. The topological polar surface area (TPSA) is 105 Å². The zero-order chi connectivity index (χ0) is 29.7. The molecular weight excluding hydrogens is 540 g/mol. The van der Waals surface area contributed by atoms with Gasteiger partial charge in [0.05, 0.1) is 18.8 Å². The van der Waals surface area contributed by atoms with Crippen molar-refractivity contribution in [1.82, 2.24) is 10.4 Å². The summed E-state index contributed by atoms with van der Waals surface area (Å²) in [5, 5.41) is 1.95. The Kier molecular flexibility index (Phi) is 9.23. The fourth-order valence-electron chi connectivity index (χ4n) is 5.35. The van der Waals surface area contributed by atoms with Gasteiger partial charge in [0.25, 0.3) is 5.91 Å². The number of hydrazine groups is 1. The molecule has 9 heteroatoms. The van der Waals surface area contributed by atoms with Crippen LogP contribution in [0.2, 0.25) is 5.02 Å². The first-order chi connectivity index (χ1) is 19.5. The number of hydrogen-bond donors (Lipinski definition) is 2. The van der Waals surface area contributed by atoms with Gasteiger partial charge >= 0.3 is 6.03 Å². The molecule has 1 saturated heterocycles. The van der Waals surface area contributed by atoms with E-state index >= 15 is 0 Å². The Balaban J connectivity index is 1.86. The van der Waals surface area contributed by atoms with Gasteiger partial charge in [0.15, 0.2) is 0 Å². The van der Waals surface area contributed by atoms with Crippen molar-refractivity contribution in [1.29, 1.82) is 0 Å². The molecule has 0 aromatic heterocycles. The number of carbonyl (C=O) groups is 3. The number of hydrogen-bond acceptors (Lipinski definition) is 4. The van der Waals surface area contributed by atoms with Crippen LogP contribution in [0.3, 0.4) is 0 Å². The minimum absolute atomic E-state index is 0.150. The summed E-state index contributed by atoms with van der Waals surface area (Å²) in [6.07, 6.45) is 0.986. The number of halogens is 1. The number of amides is 4. The summed E-state index contributed by atoms with van der Waals surface area (Å²) in [5.41, 5.74) is 10.8. The van der Waals surface area contributed by atoms with Crippen LogP contribution >= 0.6 is 11.6 Å². The Bertz CT molecular complexity index is 1370. The van der Waals surface area contributed by atoms with Crippen molar-refractivity contribution in [2.75, 3.05) is 12.0 Å². The van der Waals surface area contributed by atoms with E-state index in [4.69, 9.17) is 22.1 Å². The summed E-state index contributed by atoms with van der Waals surface area (Å²) in [7, 11) is 1.53. The highest BCUT2D eigenvalue weighted by molar-refractivity contribution is 6.30. The van der Waals surface area contributed by atoms with Crippen molar-refractivity contribution in [3.8, 4) is 5.75 Å². The van der Waals surface area contributed by atoms with E-state index in [1.807, 2.05) is 63.2 Å². The zero-order valence-corrected chi connectivity index (χ0v) is 24.6. The number of rotatable bonds is 7. The average Bonchev–Trinajstić information content (AvgIpc) is 3.06. The number of benzene rings is 3. The minimum Gasteiger partial charge on any atom is -0.497 e. The van der Waals surface area contributed by atoms with Gasteiger partial charge in [-0.3, -0.25) is 19.9 Å². The lowest BCUT2D eigenvalue weighted by molar-refractivity contribution is -0.145. The molecule has 3 N–H and O–H groups in total. The highest BCUT2D eigenvalue weighted by Crippen LogP contribution is 2.41. The highest BCUT2D eigenvalue weighted by Gasteiger charge is 2.43. The number of carbonyl (C=O) groups excluding carboxylic acids is 3. The van der Waals surface area contributed by atoms with E-state index in [0.29, 0.717) is 29.3 Å². The first-order valence-corrected chi connectivity index (χ1v) is 14.0. The van der Waals surface area contributed by atoms with Crippen molar-refractivity contribution in [2.24, 2.45) is 11.1 Å². The lowest BCUT2D eigenvalue weighted by Gasteiger charge is -2.35. The van der Waals surface area contributed by atoms with Gasteiger partial charge in [-0.1, -0.05) is 80.9 Å². The number of nitrogens with two attached hydrogens (primary N) is 1. The Labute approximate surface area is 246 Å². The average molecular weight is 577 g/mol. The third kappa shape index (κ3) is 7.38. The van der Waals surface area contributed by atoms with Gasteiger partial charge in [0.2, 0.25) is 5.91 Å². The molecule has 1 aliphatic heterocycles. The van der Waals surface area contributed by atoms with Crippen molar-refractivity contribution in [3.05, 3.63) is 95.0 Å². The van der Waals surface area contributed by atoms with E-state index in [2.05, 4.69) is 5.43 Å². The molecule has 0 aliphatic carbocycles. The number of methoxy groups -OCH3 is 1. The molecule has 3 aromatic carbocycles. The Morgan fingerprint density at radius 3 is 2.29 bits per heavy atom. The van der Waals surface area contributed by atoms with E-state index in [1.54, 1.807) is 36.4 Å². The summed E-state index contributed by atoms with van der Waals surface area (Å²) in [6, 6.07) is 21.7. The lowest BCUT2D eigenvalue weighted by Crippen LogP contribution is -2.57. The minimum atomic E-state index is -1.00. The van der Waals surface area contributed by atoms with Gasteiger partial charge in [-0.2, -0.15) is 0 Å². The van der Waals surface area contributed by atoms with Crippen LogP contribution in [0.5, 0.6) is 5.75 Å². The van der Waals surface area contributed by atoms with Crippen LogP contribution in [0, 0.1) is 5.41 Å². The number of nitrogens with zero attached hydrogens (tertiary/aromatic N) is 2. The molecule has 0 bridgehead atoms. The monoisotopic (exact) mass is 576 g/mol. The third-order valence-electron chi connectivity index (χ3n) is 7.19. The van der Waals surface area contributed by atoms with Crippen LogP contribution in [-0.4, -0.2) is 36.0 Å². The maximum absolute atomic E-state index is 14.6. The van der Waals surface area contributed by atoms with Crippen LogP contribution in [0.15, 0.2) is 78.9 Å². The zero-order valence-electron chi connectivity index (χ0n) is 23.8. The van der Waals surface area contributed by atoms with E-state index in [1.165, 1.54) is 17.0 Å². The van der Waals surface area contributed by atoms with Crippen molar-refractivity contribution < 1.29 is 19.1 Å². The molecule has 216 valence electrons. The van der Waals surface area contributed by atoms with Gasteiger partial charge < -0.3 is 10.5 Å². The first kappa shape index (κ1) is 29.9. The SMILES string of the molecule is COc1cccc(N(C(N)=O)[C@@H]2C[C@H](c3ccccc3)CC(c3ccc(Cl)cc3)N(NC(=O)CC(C)(C)C)C2=O)c1. The molecule has 4 rings (SSSR count). The number of urea groups is 1. The van der Waals surface area contributed by atoms with E-state index < -0.39 is 24.0 Å². The van der Waals surface area contributed by atoms with E-state index in [-0.39, 0.29) is 23.7 Å².